The van der Waals surface area contributed by atoms with Gasteiger partial charge in [-0.15, -0.1) is 11.3 Å². The van der Waals surface area contributed by atoms with E-state index in [4.69, 9.17) is 5.11 Å². The third-order valence-electron chi connectivity index (χ3n) is 3.24. The summed E-state index contributed by atoms with van der Waals surface area (Å²) in [7, 11) is 0. The van der Waals surface area contributed by atoms with Crippen molar-refractivity contribution < 1.29 is 14.7 Å². The first-order valence-corrected chi connectivity index (χ1v) is 7.77. The molecule has 1 unspecified atom stereocenters. The molecule has 1 aliphatic heterocycles. The normalized spacial score (nSPS) is 17.9. The zero-order valence-electron chi connectivity index (χ0n) is 11.9. The molecule has 0 aliphatic carbocycles. The van der Waals surface area contributed by atoms with Gasteiger partial charge in [-0.1, -0.05) is 18.8 Å². The Morgan fingerprint density at radius 1 is 1.57 bits per heavy atom. The molecule has 0 radical (unpaired) electrons. The third-order valence-corrected chi connectivity index (χ3v) is 4.23. The van der Waals surface area contributed by atoms with E-state index in [9.17, 15) is 9.59 Å². The monoisotopic (exact) mass is 306 g/mol. The molecule has 1 atom stereocenters. The summed E-state index contributed by atoms with van der Waals surface area (Å²) in [6, 6.07) is 3.15. The highest BCUT2D eigenvalue weighted by atomic mass is 32.1. The van der Waals surface area contributed by atoms with Crippen LogP contribution in [0.3, 0.4) is 0 Å². The summed E-state index contributed by atoms with van der Waals surface area (Å²) in [6.07, 6.45) is 1.03. The minimum absolute atomic E-state index is 0.0330. The second-order valence-electron chi connectivity index (χ2n) is 4.65. The van der Waals surface area contributed by atoms with Crippen LogP contribution in [0.25, 0.3) is 0 Å². The fourth-order valence-electron chi connectivity index (χ4n) is 2.23. The van der Waals surface area contributed by atoms with Crippen LogP contribution in [0.5, 0.6) is 0 Å². The molecule has 2 N–H and O–H groups in total. The van der Waals surface area contributed by atoms with Gasteiger partial charge in [-0.3, -0.25) is 9.59 Å². The molecule has 2 amide bonds. The number of amides is 2. The van der Waals surface area contributed by atoms with Crippen molar-refractivity contribution in [1.82, 2.24) is 10.2 Å². The van der Waals surface area contributed by atoms with Gasteiger partial charge in [-0.05, 0) is 18.6 Å². The maximum atomic E-state index is 12.5. The number of nitrogens with one attached hydrogen (secondary N) is 1. The fourth-order valence-corrected chi connectivity index (χ4v) is 3.07. The van der Waals surface area contributed by atoms with Crippen molar-refractivity contribution in [3.8, 4) is 11.8 Å². The van der Waals surface area contributed by atoms with Gasteiger partial charge in [-0.2, -0.15) is 0 Å². The Bertz CT molecular complexity index is 585. The van der Waals surface area contributed by atoms with Crippen LogP contribution in [-0.2, 0) is 4.79 Å². The molecule has 1 saturated heterocycles. The first-order valence-electron chi connectivity index (χ1n) is 6.95. The van der Waals surface area contributed by atoms with E-state index in [1.54, 1.807) is 17.0 Å². The highest BCUT2D eigenvalue weighted by molar-refractivity contribution is 7.14. The number of rotatable bonds is 3. The Labute approximate surface area is 128 Å². The van der Waals surface area contributed by atoms with Gasteiger partial charge in [-0.25, -0.2) is 0 Å². The van der Waals surface area contributed by atoms with Crippen LogP contribution in [-0.4, -0.2) is 47.6 Å². The molecular weight excluding hydrogens is 288 g/mol. The van der Waals surface area contributed by atoms with Crippen molar-refractivity contribution >= 4 is 23.2 Å². The molecule has 5 nitrogen and oxygen atoms in total. The molecule has 6 heteroatoms. The van der Waals surface area contributed by atoms with Crippen molar-refractivity contribution in [3.63, 3.8) is 0 Å². The summed E-state index contributed by atoms with van der Waals surface area (Å²) < 4.78 is 0. The molecule has 112 valence electrons. The molecule has 0 spiro atoms. The van der Waals surface area contributed by atoms with Gasteiger partial charge < -0.3 is 15.3 Å². The number of thiophene rings is 1. The number of aliphatic hydroxyl groups is 1. The van der Waals surface area contributed by atoms with Crippen LogP contribution in [0, 0.1) is 11.8 Å². The molecule has 1 aromatic heterocycles. The third kappa shape index (κ3) is 3.63. The zero-order chi connectivity index (χ0) is 15.2. The van der Waals surface area contributed by atoms with Gasteiger partial charge in [0.2, 0.25) is 5.91 Å². The van der Waals surface area contributed by atoms with Gasteiger partial charge in [0.25, 0.3) is 5.91 Å². The summed E-state index contributed by atoms with van der Waals surface area (Å²) >= 11 is 1.32. The molecule has 1 fully saturated rings. The topological polar surface area (TPSA) is 69.6 Å². The molecule has 0 saturated carbocycles. The first kappa shape index (κ1) is 15.5. The van der Waals surface area contributed by atoms with E-state index in [0.29, 0.717) is 30.8 Å². The smallest absolute Gasteiger partial charge is 0.264 e. The summed E-state index contributed by atoms with van der Waals surface area (Å²) in [6.45, 7) is 2.96. The first-order chi connectivity index (χ1) is 10.2. The lowest BCUT2D eigenvalue weighted by atomic mass is 10.1. The van der Waals surface area contributed by atoms with Crippen LogP contribution in [0.4, 0.5) is 0 Å². The Morgan fingerprint density at radius 3 is 3.10 bits per heavy atom. The van der Waals surface area contributed by atoms with E-state index in [0.717, 1.165) is 4.88 Å². The van der Waals surface area contributed by atoms with Gasteiger partial charge in [0, 0.05) is 19.5 Å². The average Bonchev–Trinajstić information content (AvgIpc) is 2.95. The Kier molecular flexibility index (Phi) is 5.37. The lowest BCUT2D eigenvalue weighted by Crippen LogP contribution is -2.56. The summed E-state index contributed by atoms with van der Waals surface area (Å²) in [4.78, 5) is 27.4. The van der Waals surface area contributed by atoms with Crippen molar-refractivity contribution in [2.24, 2.45) is 0 Å². The standard InChI is InChI=1S/C15H18N2O3S/c1-2-12-14(19)16-8-9-17(12)15(20)13-7-6-11(21-13)5-3-4-10-18/h6-7,12,18H,2,4,8-10H2,1H3,(H,16,19). The van der Waals surface area contributed by atoms with E-state index in [1.165, 1.54) is 11.3 Å². The highest BCUT2D eigenvalue weighted by Gasteiger charge is 2.32. The molecule has 0 bridgehead atoms. The summed E-state index contributed by atoms with van der Waals surface area (Å²) in [5.41, 5.74) is 0. The van der Waals surface area contributed by atoms with Gasteiger partial charge >= 0.3 is 0 Å². The second-order valence-corrected chi connectivity index (χ2v) is 5.74. The predicted molar refractivity (Wildman–Crippen MR) is 81.0 cm³/mol. The van der Waals surface area contributed by atoms with Crippen LogP contribution in [0.1, 0.15) is 34.3 Å². The molecular formula is C15H18N2O3S. The van der Waals surface area contributed by atoms with E-state index in [2.05, 4.69) is 17.2 Å². The van der Waals surface area contributed by atoms with Gasteiger partial charge in [0.15, 0.2) is 0 Å². The number of nitrogens with zero attached hydrogens (tertiary/aromatic N) is 1. The Balaban J connectivity index is 2.12. The maximum absolute atomic E-state index is 12.5. The van der Waals surface area contributed by atoms with E-state index in [1.807, 2.05) is 6.92 Å². The van der Waals surface area contributed by atoms with Crippen LogP contribution < -0.4 is 5.32 Å². The fraction of sp³-hybridized carbons (Fsp3) is 0.467. The number of aliphatic hydroxyl groups excluding tert-OH is 1. The molecule has 1 aliphatic rings. The molecule has 2 heterocycles. The second kappa shape index (κ2) is 7.25. The Morgan fingerprint density at radius 2 is 2.38 bits per heavy atom. The van der Waals surface area contributed by atoms with E-state index in [-0.39, 0.29) is 18.4 Å². The van der Waals surface area contributed by atoms with Crippen LogP contribution >= 0.6 is 11.3 Å². The summed E-state index contributed by atoms with van der Waals surface area (Å²) in [5, 5.41) is 11.5. The van der Waals surface area contributed by atoms with Crippen molar-refractivity contribution in [1.29, 1.82) is 0 Å². The summed E-state index contributed by atoms with van der Waals surface area (Å²) in [5.74, 6) is 5.55. The highest BCUT2D eigenvalue weighted by Crippen LogP contribution is 2.20. The van der Waals surface area contributed by atoms with Crippen molar-refractivity contribution in [2.45, 2.75) is 25.8 Å². The largest absolute Gasteiger partial charge is 0.395 e. The SMILES string of the molecule is CCC1C(=O)NCCN1C(=O)c1ccc(C#CCCO)s1. The average molecular weight is 306 g/mol. The number of carbonyl (C=O) groups is 2. The number of piperazine rings is 1. The minimum Gasteiger partial charge on any atom is -0.395 e. The molecule has 2 rings (SSSR count). The van der Waals surface area contributed by atoms with Crippen LogP contribution in [0.15, 0.2) is 12.1 Å². The number of carbonyl (C=O) groups excluding carboxylic acids is 2. The number of hydrogen-bond acceptors (Lipinski definition) is 4. The lowest BCUT2D eigenvalue weighted by Gasteiger charge is -2.34. The quantitative estimate of drug-likeness (QED) is 0.813. The van der Waals surface area contributed by atoms with E-state index < -0.39 is 6.04 Å². The number of hydrogen-bond donors (Lipinski definition) is 2. The predicted octanol–water partition coefficient (Wildman–Crippen LogP) is 0.833. The molecule has 0 aromatic carbocycles. The van der Waals surface area contributed by atoms with Crippen LogP contribution in [0.2, 0.25) is 0 Å². The van der Waals surface area contributed by atoms with E-state index >= 15 is 0 Å². The lowest BCUT2D eigenvalue weighted by molar-refractivity contribution is -0.127. The van der Waals surface area contributed by atoms with Crippen molar-refractivity contribution in [2.75, 3.05) is 19.7 Å². The molecule has 1 aromatic rings. The zero-order valence-corrected chi connectivity index (χ0v) is 12.7. The maximum Gasteiger partial charge on any atom is 0.264 e. The van der Waals surface area contributed by atoms with Gasteiger partial charge in [0.05, 0.1) is 16.4 Å². The van der Waals surface area contributed by atoms with Crippen molar-refractivity contribution in [3.05, 3.63) is 21.9 Å². The molecule has 21 heavy (non-hydrogen) atoms. The minimum atomic E-state index is -0.391. The Hall–Kier alpha value is -1.84. The van der Waals surface area contributed by atoms with Gasteiger partial charge in [0.1, 0.15) is 6.04 Å².